The zero-order valence-corrected chi connectivity index (χ0v) is 17.7. The maximum absolute atomic E-state index is 12.9. The Labute approximate surface area is 164 Å². The predicted octanol–water partition coefficient (Wildman–Crippen LogP) is 2.96. The lowest BCUT2D eigenvalue weighted by Gasteiger charge is -2.32. The van der Waals surface area contributed by atoms with Gasteiger partial charge < -0.3 is 4.90 Å². The summed E-state index contributed by atoms with van der Waals surface area (Å²) in [4.78, 5) is 20.4. The molecule has 6 nitrogen and oxygen atoms in total. The van der Waals surface area contributed by atoms with Crippen LogP contribution in [-0.4, -0.2) is 37.3 Å². The van der Waals surface area contributed by atoms with Crippen LogP contribution in [0.3, 0.4) is 0 Å². The number of benzene rings is 1. The molecule has 1 amide bonds. The van der Waals surface area contributed by atoms with Crippen molar-refractivity contribution in [1.29, 1.82) is 0 Å². The number of nitrogens with zero attached hydrogens (tertiary/aromatic N) is 2. The average molecular weight is 408 g/mol. The largest absolute Gasteiger partial charge is 0.336 e. The number of aryl methyl sites for hydroxylation is 3. The molecule has 0 bridgehead atoms. The van der Waals surface area contributed by atoms with E-state index in [9.17, 15) is 13.2 Å². The van der Waals surface area contributed by atoms with Gasteiger partial charge in [0.1, 0.15) is 0 Å². The number of amides is 1. The Kier molecular flexibility index (Phi) is 5.69. The summed E-state index contributed by atoms with van der Waals surface area (Å²) in [5, 5.41) is 1.00. The molecule has 146 valence electrons. The van der Waals surface area contributed by atoms with Gasteiger partial charge in [-0.3, -0.25) is 4.79 Å². The van der Waals surface area contributed by atoms with Gasteiger partial charge in [-0.1, -0.05) is 17.7 Å². The molecular weight excluding hydrogens is 382 g/mol. The number of aromatic nitrogens is 1. The number of thiazole rings is 1. The standard InChI is InChI=1S/C19H25N3O3S2/c1-12-8-10-15(11-9-12)27(24,25)21-13(2)19(23)22(4)17-7-5-6-16-18(17)26-14(3)20-16/h8-11,13,17,21H,5-7H2,1-4H3/t13-,17?/m0/s1. The minimum absolute atomic E-state index is 0.0428. The van der Waals surface area contributed by atoms with E-state index in [-0.39, 0.29) is 16.8 Å². The van der Waals surface area contributed by atoms with Crippen LogP contribution < -0.4 is 4.72 Å². The van der Waals surface area contributed by atoms with Crippen molar-refractivity contribution in [2.75, 3.05) is 7.05 Å². The molecule has 1 aliphatic carbocycles. The van der Waals surface area contributed by atoms with Gasteiger partial charge in [0.2, 0.25) is 15.9 Å². The van der Waals surface area contributed by atoms with Crippen LogP contribution in [0.15, 0.2) is 29.2 Å². The highest BCUT2D eigenvalue weighted by molar-refractivity contribution is 7.89. The molecule has 0 spiro atoms. The van der Waals surface area contributed by atoms with E-state index >= 15 is 0 Å². The van der Waals surface area contributed by atoms with Crippen LogP contribution in [-0.2, 0) is 21.2 Å². The summed E-state index contributed by atoms with van der Waals surface area (Å²) >= 11 is 1.62. The molecule has 8 heteroatoms. The lowest BCUT2D eigenvalue weighted by atomic mass is 9.96. The van der Waals surface area contributed by atoms with Crippen molar-refractivity contribution in [3.05, 3.63) is 45.4 Å². The Bertz CT molecular complexity index is 936. The Morgan fingerprint density at radius 1 is 1.30 bits per heavy atom. The fraction of sp³-hybridized carbons (Fsp3) is 0.474. The SMILES string of the molecule is Cc1ccc(S(=O)(=O)N[C@@H](C)C(=O)N(C)C2CCCc3nc(C)sc32)cc1. The number of hydrogen-bond acceptors (Lipinski definition) is 5. The second-order valence-electron chi connectivity index (χ2n) is 7.06. The molecule has 0 radical (unpaired) electrons. The van der Waals surface area contributed by atoms with E-state index < -0.39 is 16.1 Å². The molecule has 1 N–H and O–H groups in total. The summed E-state index contributed by atoms with van der Waals surface area (Å²) in [6.07, 6.45) is 2.78. The Balaban J connectivity index is 1.74. The van der Waals surface area contributed by atoms with Crippen molar-refractivity contribution in [3.8, 4) is 0 Å². The van der Waals surface area contributed by atoms with E-state index in [1.807, 2.05) is 13.8 Å². The van der Waals surface area contributed by atoms with Crippen LogP contribution in [0.5, 0.6) is 0 Å². The van der Waals surface area contributed by atoms with Gasteiger partial charge in [0.25, 0.3) is 0 Å². The zero-order valence-electron chi connectivity index (χ0n) is 16.0. The third kappa shape index (κ3) is 4.23. The molecule has 1 aromatic carbocycles. The summed E-state index contributed by atoms with van der Waals surface area (Å²) in [5.74, 6) is -0.241. The van der Waals surface area contributed by atoms with E-state index in [1.54, 1.807) is 54.5 Å². The number of sulfonamides is 1. The van der Waals surface area contributed by atoms with Gasteiger partial charge >= 0.3 is 0 Å². The van der Waals surface area contributed by atoms with Crippen LogP contribution in [0, 0.1) is 13.8 Å². The van der Waals surface area contributed by atoms with Crippen LogP contribution in [0.1, 0.15) is 46.9 Å². The number of nitrogens with one attached hydrogen (secondary N) is 1. The van der Waals surface area contributed by atoms with E-state index in [2.05, 4.69) is 9.71 Å². The molecule has 1 heterocycles. The minimum atomic E-state index is -3.75. The van der Waals surface area contributed by atoms with Crippen molar-refractivity contribution >= 4 is 27.3 Å². The fourth-order valence-corrected chi connectivity index (χ4v) is 5.76. The number of rotatable bonds is 5. The lowest BCUT2D eigenvalue weighted by Crippen LogP contribution is -2.46. The minimum Gasteiger partial charge on any atom is -0.336 e. The maximum Gasteiger partial charge on any atom is 0.241 e. The molecule has 1 aromatic heterocycles. The lowest BCUT2D eigenvalue weighted by molar-refractivity contribution is -0.133. The van der Waals surface area contributed by atoms with Gasteiger partial charge in [-0.2, -0.15) is 4.72 Å². The van der Waals surface area contributed by atoms with Crippen LogP contribution in [0.25, 0.3) is 0 Å². The van der Waals surface area contributed by atoms with E-state index in [4.69, 9.17) is 0 Å². The molecule has 0 saturated carbocycles. The van der Waals surface area contributed by atoms with Crippen molar-refractivity contribution in [2.24, 2.45) is 0 Å². The van der Waals surface area contributed by atoms with Crippen LogP contribution in [0.2, 0.25) is 0 Å². The third-order valence-corrected chi connectivity index (χ3v) is 7.55. The van der Waals surface area contributed by atoms with Gasteiger partial charge in [-0.25, -0.2) is 13.4 Å². The second-order valence-corrected chi connectivity index (χ2v) is 10.0. The maximum atomic E-state index is 12.9. The van der Waals surface area contributed by atoms with Crippen LogP contribution >= 0.6 is 11.3 Å². The summed E-state index contributed by atoms with van der Waals surface area (Å²) in [6, 6.07) is 5.68. The van der Waals surface area contributed by atoms with Crippen molar-refractivity contribution in [2.45, 2.75) is 57.0 Å². The van der Waals surface area contributed by atoms with E-state index in [0.29, 0.717) is 0 Å². The summed E-state index contributed by atoms with van der Waals surface area (Å²) in [6.45, 7) is 5.46. The van der Waals surface area contributed by atoms with Gasteiger partial charge in [-0.05, 0) is 52.2 Å². The van der Waals surface area contributed by atoms with Crippen molar-refractivity contribution in [1.82, 2.24) is 14.6 Å². The van der Waals surface area contributed by atoms with Gasteiger partial charge in [0.05, 0.1) is 32.6 Å². The van der Waals surface area contributed by atoms with Gasteiger partial charge in [-0.15, -0.1) is 11.3 Å². The topological polar surface area (TPSA) is 79.4 Å². The van der Waals surface area contributed by atoms with Crippen molar-refractivity contribution < 1.29 is 13.2 Å². The number of hydrogen-bond donors (Lipinski definition) is 1. The summed E-state index contributed by atoms with van der Waals surface area (Å²) in [5.41, 5.74) is 2.05. The Hall–Kier alpha value is -1.77. The summed E-state index contributed by atoms with van der Waals surface area (Å²) in [7, 11) is -2.01. The molecule has 3 rings (SSSR count). The normalized spacial score (nSPS) is 18.0. The first-order valence-corrected chi connectivity index (χ1v) is 11.3. The Morgan fingerprint density at radius 3 is 2.63 bits per heavy atom. The quantitative estimate of drug-likeness (QED) is 0.826. The fourth-order valence-electron chi connectivity index (χ4n) is 3.42. The third-order valence-electron chi connectivity index (χ3n) is 4.88. The van der Waals surface area contributed by atoms with Crippen molar-refractivity contribution in [3.63, 3.8) is 0 Å². The molecule has 0 fully saturated rings. The first-order valence-electron chi connectivity index (χ1n) is 9.01. The van der Waals surface area contributed by atoms with E-state index in [1.165, 1.54) is 0 Å². The van der Waals surface area contributed by atoms with E-state index in [0.717, 1.165) is 40.4 Å². The average Bonchev–Trinajstić information content (AvgIpc) is 3.00. The molecule has 0 aliphatic heterocycles. The zero-order chi connectivity index (χ0) is 19.8. The van der Waals surface area contributed by atoms with Crippen LogP contribution in [0.4, 0.5) is 0 Å². The number of fused-ring (bicyclic) bond motifs is 1. The van der Waals surface area contributed by atoms with Gasteiger partial charge in [0.15, 0.2) is 0 Å². The number of carbonyl (C=O) groups excluding carboxylic acids is 1. The number of likely N-dealkylation sites (N-methyl/N-ethyl adjacent to an activating group) is 1. The highest BCUT2D eigenvalue weighted by atomic mass is 32.2. The number of carbonyl (C=O) groups is 1. The molecule has 2 atom stereocenters. The molecule has 2 aromatic rings. The monoisotopic (exact) mass is 407 g/mol. The highest BCUT2D eigenvalue weighted by Crippen LogP contribution is 2.37. The molecule has 1 aliphatic rings. The molecule has 27 heavy (non-hydrogen) atoms. The highest BCUT2D eigenvalue weighted by Gasteiger charge is 2.32. The van der Waals surface area contributed by atoms with Gasteiger partial charge in [0, 0.05) is 7.05 Å². The summed E-state index contributed by atoms with van der Waals surface area (Å²) < 4.78 is 27.6. The Morgan fingerprint density at radius 2 is 1.96 bits per heavy atom. The molecule has 0 saturated heterocycles. The molecular formula is C19H25N3O3S2. The first kappa shape index (κ1) is 20.0. The smallest absolute Gasteiger partial charge is 0.241 e. The second kappa shape index (κ2) is 7.69. The molecule has 1 unspecified atom stereocenters. The first-order chi connectivity index (χ1) is 12.7. The predicted molar refractivity (Wildman–Crippen MR) is 106 cm³/mol.